The molecule has 1 rings (SSSR count). The second-order valence-electron chi connectivity index (χ2n) is 22.8. The normalized spacial score (nSPS) is 18.0. The SMILES string of the molecule is CCCCC/C=C\C/C=C\CCCCCCCCCC(=O)OCC(COC1OC(C(=O)O)C(O)C(O)C1OC(=O)CCCCCCCCCCCCCCCCC)OC(=O)CCCCCCCCC/C=C\CCCCCCCC. The summed E-state index contributed by atoms with van der Waals surface area (Å²) in [6.07, 6.45) is 53.8. The molecule has 12 nitrogen and oxygen atoms in total. The zero-order valence-electron chi connectivity index (χ0n) is 50.9. The molecule has 0 amide bonds. The Morgan fingerprint density at radius 3 is 1.18 bits per heavy atom. The summed E-state index contributed by atoms with van der Waals surface area (Å²) in [7, 11) is 0. The van der Waals surface area contributed by atoms with Gasteiger partial charge >= 0.3 is 23.9 Å². The summed E-state index contributed by atoms with van der Waals surface area (Å²) in [6.45, 7) is 6.00. The van der Waals surface area contributed by atoms with Crippen LogP contribution in [-0.2, 0) is 42.9 Å². The van der Waals surface area contributed by atoms with Crippen molar-refractivity contribution in [1.29, 1.82) is 0 Å². The summed E-state index contributed by atoms with van der Waals surface area (Å²) < 4.78 is 28.6. The lowest BCUT2D eigenvalue weighted by atomic mass is 9.98. The highest BCUT2D eigenvalue weighted by molar-refractivity contribution is 5.74. The van der Waals surface area contributed by atoms with Crippen molar-refractivity contribution in [2.45, 2.75) is 353 Å². The number of ether oxygens (including phenoxy) is 5. The Hall–Kier alpha value is -3.06. The fourth-order valence-electron chi connectivity index (χ4n) is 10.1. The monoisotopic (exact) mass is 1120 g/mol. The molecule has 1 aliphatic heterocycles. The second kappa shape index (κ2) is 55.5. The lowest BCUT2D eigenvalue weighted by Gasteiger charge is -2.40. The van der Waals surface area contributed by atoms with Crippen LogP contribution in [0.5, 0.6) is 0 Å². The second-order valence-corrected chi connectivity index (χ2v) is 22.8. The topological polar surface area (TPSA) is 175 Å². The first kappa shape index (κ1) is 74.0. The van der Waals surface area contributed by atoms with E-state index in [2.05, 4.69) is 57.2 Å². The number of unbranched alkanes of at least 4 members (excludes halogenated alkanes) is 37. The molecular formula is C67H120O12. The van der Waals surface area contributed by atoms with E-state index in [9.17, 15) is 34.5 Å². The molecule has 0 aliphatic carbocycles. The molecule has 0 radical (unpaired) electrons. The molecule has 460 valence electrons. The number of carbonyl (C=O) groups excluding carboxylic acids is 3. The van der Waals surface area contributed by atoms with Gasteiger partial charge in [-0.05, 0) is 77.0 Å². The van der Waals surface area contributed by atoms with Crippen LogP contribution < -0.4 is 0 Å². The van der Waals surface area contributed by atoms with E-state index in [4.69, 9.17) is 23.7 Å². The maximum atomic E-state index is 13.2. The maximum Gasteiger partial charge on any atom is 0.335 e. The molecule has 0 aromatic carbocycles. The molecule has 1 saturated heterocycles. The highest BCUT2D eigenvalue weighted by atomic mass is 16.7. The molecule has 6 atom stereocenters. The van der Waals surface area contributed by atoms with Crippen LogP contribution in [0.4, 0.5) is 0 Å². The highest BCUT2D eigenvalue weighted by Crippen LogP contribution is 2.27. The predicted molar refractivity (Wildman–Crippen MR) is 322 cm³/mol. The van der Waals surface area contributed by atoms with Gasteiger partial charge in [0.2, 0.25) is 0 Å². The van der Waals surface area contributed by atoms with Gasteiger partial charge in [-0.25, -0.2) is 4.79 Å². The number of hydrogen-bond donors (Lipinski definition) is 3. The van der Waals surface area contributed by atoms with Gasteiger partial charge in [0.25, 0.3) is 0 Å². The molecule has 1 fully saturated rings. The van der Waals surface area contributed by atoms with Gasteiger partial charge in [-0.3, -0.25) is 14.4 Å². The zero-order chi connectivity index (χ0) is 57.5. The minimum absolute atomic E-state index is 0.0649. The van der Waals surface area contributed by atoms with Crippen LogP contribution in [0, 0.1) is 0 Å². The standard InChI is InChI=1S/C67H120O12/c1-4-7-10-13-16-19-22-25-28-30-33-35-38-41-44-47-50-53-59(68)75-56-58(77-60(69)54-51-48-45-42-39-37-34-31-29-26-23-20-17-14-11-8-5-2)57-76-67-65(63(72)62(71)64(79-67)66(73)74)78-61(70)55-52-49-46-43-40-36-32-27-24-21-18-15-12-9-6-3/h16,19,25-26,28-29,58,62-65,67,71-72H,4-15,17-18,20-24,27,30-57H2,1-3H3,(H,73,74)/b19-16-,28-25-,29-26-. The highest BCUT2D eigenvalue weighted by Gasteiger charge is 2.50. The average molecular weight is 1120 g/mol. The number of allylic oxidation sites excluding steroid dienone is 6. The summed E-state index contributed by atoms with van der Waals surface area (Å²) >= 11 is 0. The van der Waals surface area contributed by atoms with E-state index in [0.29, 0.717) is 19.3 Å². The molecule has 0 saturated carbocycles. The van der Waals surface area contributed by atoms with E-state index in [1.807, 2.05) is 0 Å². The summed E-state index contributed by atoms with van der Waals surface area (Å²) in [5.74, 6) is -3.10. The van der Waals surface area contributed by atoms with Crippen molar-refractivity contribution in [3.8, 4) is 0 Å². The number of rotatable bonds is 57. The van der Waals surface area contributed by atoms with Crippen molar-refractivity contribution in [2.24, 2.45) is 0 Å². The van der Waals surface area contributed by atoms with E-state index in [-0.39, 0.29) is 25.9 Å². The van der Waals surface area contributed by atoms with E-state index < -0.39 is 67.3 Å². The van der Waals surface area contributed by atoms with Gasteiger partial charge in [-0.15, -0.1) is 0 Å². The first-order chi connectivity index (χ1) is 38.6. The van der Waals surface area contributed by atoms with Crippen molar-refractivity contribution < 1.29 is 58.2 Å². The molecule has 0 bridgehead atoms. The molecule has 1 aliphatic rings. The Kier molecular flexibility index (Phi) is 51.9. The zero-order valence-corrected chi connectivity index (χ0v) is 50.9. The van der Waals surface area contributed by atoms with Crippen molar-refractivity contribution in [2.75, 3.05) is 13.2 Å². The third-order valence-electron chi connectivity index (χ3n) is 15.2. The van der Waals surface area contributed by atoms with Gasteiger partial charge in [0.1, 0.15) is 18.8 Å². The quantitative estimate of drug-likeness (QED) is 0.0228. The van der Waals surface area contributed by atoms with Crippen LogP contribution in [0.1, 0.15) is 316 Å². The molecular weight excluding hydrogens is 997 g/mol. The molecule has 0 aromatic heterocycles. The first-order valence-electron chi connectivity index (χ1n) is 33.0. The third kappa shape index (κ3) is 45.2. The third-order valence-corrected chi connectivity index (χ3v) is 15.2. The van der Waals surface area contributed by atoms with Gasteiger partial charge in [-0.1, -0.05) is 256 Å². The average Bonchev–Trinajstić information content (AvgIpc) is 3.46. The van der Waals surface area contributed by atoms with Crippen LogP contribution >= 0.6 is 0 Å². The van der Waals surface area contributed by atoms with Crippen LogP contribution in [0.15, 0.2) is 36.5 Å². The molecule has 12 heteroatoms. The summed E-state index contributed by atoms with van der Waals surface area (Å²) in [5.41, 5.74) is 0. The minimum Gasteiger partial charge on any atom is -0.479 e. The lowest BCUT2D eigenvalue weighted by molar-refractivity contribution is -0.301. The summed E-state index contributed by atoms with van der Waals surface area (Å²) in [4.78, 5) is 51.3. The van der Waals surface area contributed by atoms with Gasteiger partial charge in [0.15, 0.2) is 24.6 Å². The summed E-state index contributed by atoms with van der Waals surface area (Å²) in [6, 6.07) is 0. The van der Waals surface area contributed by atoms with Gasteiger partial charge in [0, 0.05) is 19.3 Å². The maximum absolute atomic E-state index is 13.2. The first-order valence-corrected chi connectivity index (χ1v) is 33.0. The summed E-state index contributed by atoms with van der Waals surface area (Å²) in [5, 5.41) is 31.6. The van der Waals surface area contributed by atoms with Gasteiger partial charge in [-0.2, -0.15) is 0 Å². The van der Waals surface area contributed by atoms with Crippen LogP contribution in [-0.4, -0.2) is 89.2 Å². The molecule has 79 heavy (non-hydrogen) atoms. The van der Waals surface area contributed by atoms with Crippen LogP contribution in [0.2, 0.25) is 0 Å². The number of carboxylic acid groups (broad SMARTS) is 1. The fourth-order valence-corrected chi connectivity index (χ4v) is 10.1. The predicted octanol–water partition coefficient (Wildman–Crippen LogP) is 17.6. The number of aliphatic hydroxyl groups excluding tert-OH is 2. The molecule has 0 aromatic rings. The largest absolute Gasteiger partial charge is 0.479 e. The van der Waals surface area contributed by atoms with Gasteiger partial charge < -0.3 is 39.0 Å². The van der Waals surface area contributed by atoms with Crippen LogP contribution in [0.3, 0.4) is 0 Å². The van der Waals surface area contributed by atoms with E-state index in [1.54, 1.807) is 0 Å². The number of carbonyl (C=O) groups is 4. The minimum atomic E-state index is -1.90. The van der Waals surface area contributed by atoms with E-state index >= 15 is 0 Å². The number of esters is 3. The molecule has 0 spiro atoms. The lowest BCUT2D eigenvalue weighted by Crippen LogP contribution is -2.61. The smallest absolute Gasteiger partial charge is 0.335 e. The Bertz CT molecular complexity index is 1510. The molecule has 3 N–H and O–H groups in total. The van der Waals surface area contributed by atoms with Crippen molar-refractivity contribution in [3.63, 3.8) is 0 Å². The molecule has 6 unspecified atom stereocenters. The number of aliphatic hydroxyl groups is 2. The number of hydrogen-bond acceptors (Lipinski definition) is 11. The van der Waals surface area contributed by atoms with Crippen molar-refractivity contribution >= 4 is 23.9 Å². The fraction of sp³-hybridized carbons (Fsp3) is 0.851. The Morgan fingerprint density at radius 2 is 0.759 bits per heavy atom. The van der Waals surface area contributed by atoms with Crippen molar-refractivity contribution in [1.82, 2.24) is 0 Å². The van der Waals surface area contributed by atoms with Crippen molar-refractivity contribution in [3.05, 3.63) is 36.5 Å². The Morgan fingerprint density at radius 1 is 0.418 bits per heavy atom. The Balaban J connectivity index is 2.66. The Labute approximate surface area is 482 Å². The molecule has 1 heterocycles. The van der Waals surface area contributed by atoms with Crippen LogP contribution in [0.25, 0.3) is 0 Å². The van der Waals surface area contributed by atoms with Gasteiger partial charge in [0.05, 0.1) is 6.61 Å². The van der Waals surface area contributed by atoms with E-state index in [1.165, 1.54) is 167 Å². The number of carboxylic acids is 1. The van der Waals surface area contributed by atoms with E-state index in [0.717, 1.165) is 89.9 Å². The number of aliphatic carboxylic acids is 1.